The molecule has 15 heavy (non-hydrogen) atoms. The highest BCUT2D eigenvalue weighted by Gasteiger charge is 1.99. The predicted molar refractivity (Wildman–Crippen MR) is 67.3 cm³/mol. The molecule has 0 aliphatic rings. The van der Waals surface area contributed by atoms with Gasteiger partial charge in [0.25, 0.3) is 0 Å². The Morgan fingerprint density at radius 2 is 1.87 bits per heavy atom. The highest BCUT2D eigenvalue weighted by molar-refractivity contribution is 6.00. The molecule has 0 saturated heterocycles. The fraction of sp³-hybridized carbons (Fsp3) is 0.462. The van der Waals surface area contributed by atoms with E-state index in [-0.39, 0.29) is 0 Å². The summed E-state index contributed by atoms with van der Waals surface area (Å²) >= 11 is 0. The van der Waals surface area contributed by atoms with Crippen LogP contribution in [0.5, 0.6) is 0 Å². The number of hydrogen-bond donors (Lipinski definition) is 0. The molecule has 2 heteroatoms. The van der Waals surface area contributed by atoms with Crippen LogP contribution in [0.2, 0.25) is 0 Å². The summed E-state index contributed by atoms with van der Waals surface area (Å²) in [5.41, 5.74) is 2.86. The monoisotopic (exact) mass is 207 g/mol. The number of ether oxygens (including phenoxy) is 1. The van der Waals surface area contributed by atoms with Crippen molar-refractivity contribution in [3.8, 4) is 0 Å². The minimum absolute atomic E-state index is 0.637. The Labute approximate surface area is 93.1 Å². The molecule has 0 aromatic heterocycles. The van der Waals surface area contributed by atoms with E-state index in [4.69, 9.17) is 4.74 Å². The maximum atomic E-state index is 5.30. The van der Waals surface area contributed by atoms with E-state index in [1.807, 2.05) is 33.8 Å². The first-order chi connectivity index (χ1) is 7.02. The summed E-state index contributed by atoms with van der Waals surface area (Å²) in [7, 11) is 0. The van der Waals surface area contributed by atoms with E-state index >= 15 is 0 Å². The predicted octanol–water partition coefficient (Wildman–Crippen LogP) is 3.52. The molecule has 84 valence electrons. The van der Waals surface area contributed by atoms with Crippen molar-refractivity contribution >= 4 is 5.71 Å². The third kappa shape index (κ3) is 5.21. The van der Waals surface area contributed by atoms with Crippen LogP contribution < -0.4 is 0 Å². The van der Waals surface area contributed by atoms with E-state index in [9.17, 15) is 0 Å². The first-order valence-electron chi connectivity index (χ1n) is 5.23. The average molecular weight is 207 g/mol. The van der Waals surface area contributed by atoms with Crippen molar-refractivity contribution in [1.82, 2.24) is 0 Å². The molecule has 0 spiro atoms. The van der Waals surface area contributed by atoms with Crippen molar-refractivity contribution in [1.29, 1.82) is 0 Å². The molecule has 0 bridgehead atoms. The molecule has 0 aliphatic heterocycles. The van der Waals surface area contributed by atoms with Crippen LogP contribution in [0.1, 0.15) is 27.7 Å². The Hall–Kier alpha value is -1.31. The Bertz CT molecular complexity index is 298. The number of aliphatic imine (C=N–C) groups is 1. The highest BCUT2D eigenvalue weighted by Crippen LogP contribution is 2.11. The second kappa shape index (κ2) is 7.04. The smallest absolute Gasteiger partial charge is 0.115 e. The van der Waals surface area contributed by atoms with Crippen LogP contribution >= 0.6 is 0 Å². The molecule has 0 fully saturated rings. The zero-order valence-electron chi connectivity index (χ0n) is 10.3. The van der Waals surface area contributed by atoms with Crippen LogP contribution in [0.25, 0.3) is 0 Å². The molecular formula is C13H21NO. The largest absolute Gasteiger partial charge is 0.494 e. The number of hydrogen-bond acceptors (Lipinski definition) is 2. The summed E-state index contributed by atoms with van der Waals surface area (Å²) < 4.78 is 5.30. The van der Waals surface area contributed by atoms with Crippen LogP contribution in [0.3, 0.4) is 0 Å². The Kier molecular flexibility index (Phi) is 6.43. The van der Waals surface area contributed by atoms with Gasteiger partial charge in [-0.3, -0.25) is 4.99 Å². The van der Waals surface area contributed by atoms with Crippen LogP contribution in [0.15, 0.2) is 41.1 Å². The zero-order valence-corrected chi connectivity index (χ0v) is 10.3. The Balaban J connectivity index is 4.55. The fourth-order valence-corrected chi connectivity index (χ4v) is 1.07. The number of nitrogens with zero attached hydrogens (tertiary/aromatic N) is 1. The lowest BCUT2D eigenvalue weighted by Crippen LogP contribution is -1.97. The molecule has 0 rings (SSSR count). The molecule has 0 heterocycles. The van der Waals surface area contributed by atoms with E-state index in [0.717, 1.165) is 23.4 Å². The van der Waals surface area contributed by atoms with Gasteiger partial charge in [-0.15, -0.1) is 0 Å². The van der Waals surface area contributed by atoms with E-state index in [1.54, 1.807) is 0 Å². The second-order valence-electron chi connectivity index (χ2n) is 3.27. The van der Waals surface area contributed by atoms with Gasteiger partial charge in [0.15, 0.2) is 0 Å². The third-order valence-corrected chi connectivity index (χ3v) is 2.01. The van der Waals surface area contributed by atoms with Gasteiger partial charge in [0.1, 0.15) is 5.76 Å². The van der Waals surface area contributed by atoms with Crippen molar-refractivity contribution in [2.75, 3.05) is 13.2 Å². The lowest BCUT2D eigenvalue weighted by Gasteiger charge is -2.07. The minimum Gasteiger partial charge on any atom is -0.494 e. The molecule has 0 atom stereocenters. The van der Waals surface area contributed by atoms with Crippen molar-refractivity contribution in [2.45, 2.75) is 27.7 Å². The van der Waals surface area contributed by atoms with E-state index in [2.05, 4.69) is 18.2 Å². The van der Waals surface area contributed by atoms with Crippen LogP contribution in [-0.4, -0.2) is 18.9 Å². The van der Waals surface area contributed by atoms with Gasteiger partial charge in [-0.1, -0.05) is 13.2 Å². The zero-order chi connectivity index (χ0) is 11.8. The fourth-order valence-electron chi connectivity index (χ4n) is 1.07. The van der Waals surface area contributed by atoms with E-state index in [1.165, 1.54) is 0 Å². The maximum Gasteiger partial charge on any atom is 0.115 e. The molecule has 0 aromatic carbocycles. The summed E-state index contributed by atoms with van der Waals surface area (Å²) in [6.45, 7) is 17.1. The van der Waals surface area contributed by atoms with Gasteiger partial charge >= 0.3 is 0 Å². The van der Waals surface area contributed by atoms with Crippen molar-refractivity contribution in [3.63, 3.8) is 0 Å². The summed E-state index contributed by atoms with van der Waals surface area (Å²) in [5, 5.41) is 0. The molecule has 0 saturated carbocycles. The first-order valence-corrected chi connectivity index (χ1v) is 5.23. The van der Waals surface area contributed by atoms with Gasteiger partial charge in [-0.25, -0.2) is 0 Å². The Morgan fingerprint density at radius 3 is 2.33 bits per heavy atom. The van der Waals surface area contributed by atoms with Gasteiger partial charge in [0, 0.05) is 12.3 Å². The highest BCUT2D eigenvalue weighted by atomic mass is 16.5. The van der Waals surface area contributed by atoms with Gasteiger partial charge in [0.2, 0.25) is 0 Å². The summed E-state index contributed by atoms with van der Waals surface area (Å²) in [6, 6.07) is 0. The SMILES string of the molecule is C=C(OCC)/C(C)=C/C(=C)/C(C)=N/CC. The molecule has 0 N–H and O–H groups in total. The van der Waals surface area contributed by atoms with Crippen molar-refractivity contribution < 1.29 is 4.74 Å². The standard InChI is InChI=1S/C13H21NO/c1-7-14-12(5)10(3)9-11(4)13(6)15-8-2/h9H,3,6-8H2,1-2,4-5H3/b11-9+,14-12+. The Morgan fingerprint density at radius 1 is 1.27 bits per heavy atom. The van der Waals surface area contributed by atoms with Crippen LogP contribution in [-0.2, 0) is 4.74 Å². The lowest BCUT2D eigenvalue weighted by molar-refractivity contribution is 0.239. The van der Waals surface area contributed by atoms with E-state index in [0.29, 0.717) is 12.4 Å². The number of rotatable bonds is 6. The van der Waals surface area contributed by atoms with Gasteiger partial charge in [0.05, 0.1) is 6.61 Å². The molecular weight excluding hydrogens is 186 g/mol. The lowest BCUT2D eigenvalue weighted by atomic mass is 10.1. The van der Waals surface area contributed by atoms with Gasteiger partial charge in [-0.2, -0.15) is 0 Å². The third-order valence-electron chi connectivity index (χ3n) is 2.01. The van der Waals surface area contributed by atoms with Crippen LogP contribution in [0, 0.1) is 0 Å². The van der Waals surface area contributed by atoms with Crippen molar-refractivity contribution in [2.24, 2.45) is 4.99 Å². The molecule has 2 nitrogen and oxygen atoms in total. The summed E-state index contributed by atoms with van der Waals surface area (Å²) in [5.74, 6) is 0.697. The van der Waals surface area contributed by atoms with E-state index < -0.39 is 0 Å². The maximum absolute atomic E-state index is 5.30. The molecule has 0 aliphatic carbocycles. The summed E-state index contributed by atoms with van der Waals surface area (Å²) in [4.78, 5) is 4.28. The molecule has 0 aromatic rings. The topological polar surface area (TPSA) is 21.6 Å². The van der Waals surface area contributed by atoms with Crippen molar-refractivity contribution in [3.05, 3.63) is 36.1 Å². The van der Waals surface area contributed by atoms with Gasteiger partial charge < -0.3 is 4.74 Å². The molecule has 0 amide bonds. The van der Waals surface area contributed by atoms with Crippen LogP contribution in [0.4, 0.5) is 0 Å². The quantitative estimate of drug-likeness (QED) is 0.371. The normalized spacial score (nSPS) is 12.5. The van der Waals surface area contributed by atoms with Gasteiger partial charge in [-0.05, 0) is 44.9 Å². The molecule has 0 unspecified atom stereocenters. The second-order valence-corrected chi connectivity index (χ2v) is 3.27. The summed E-state index contributed by atoms with van der Waals surface area (Å²) in [6.07, 6.45) is 1.95. The minimum atomic E-state index is 0.637. The first kappa shape index (κ1) is 13.7. The molecule has 0 radical (unpaired) electrons. The number of allylic oxidation sites excluding steroid dienone is 3. The average Bonchev–Trinajstić information content (AvgIpc) is 2.18.